The zero-order valence-corrected chi connectivity index (χ0v) is 16.2. The standard InChI is InChI=1S/C21H24N4O3/c1-3-11-25-17-18(22-19(25)14-7-4-5-8-14)23-21(24-20(17)27)28-16-10-6-9-15(12-16)13(2)26/h6,9-10,12,14H,3-5,7-8,11H2,1-2H3,(H,23,24,27). The molecular formula is C21H24N4O3. The number of rotatable bonds is 6. The molecule has 28 heavy (non-hydrogen) atoms. The number of carbonyl (C=O) groups is 1. The Labute approximate surface area is 162 Å². The number of ether oxygens (including phenoxy) is 1. The van der Waals surface area contributed by atoms with Gasteiger partial charge in [0.25, 0.3) is 5.56 Å². The number of nitrogens with one attached hydrogen (secondary N) is 1. The summed E-state index contributed by atoms with van der Waals surface area (Å²) in [5, 5.41) is 0. The van der Waals surface area contributed by atoms with Crippen LogP contribution in [0.5, 0.6) is 11.8 Å². The predicted octanol–water partition coefficient (Wildman–Crippen LogP) is 4.18. The summed E-state index contributed by atoms with van der Waals surface area (Å²) in [6.45, 7) is 4.33. The lowest BCUT2D eigenvalue weighted by molar-refractivity contribution is 0.101. The van der Waals surface area contributed by atoms with Gasteiger partial charge >= 0.3 is 6.01 Å². The Bertz CT molecular complexity index is 1080. The highest BCUT2D eigenvalue weighted by Gasteiger charge is 2.25. The molecule has 146 valence electrons. The Hall–Kier alpha value is -2.96. The maximum Gasteiger partial charge on any atom is 0.304 e. The molecule has 7 heteroatoms. The van der Waals surface area contributed by atoms with Crippen molar-refractivity contribution in [3.63, 3.8) is 0 Å². The van der Waals surface area contributed by atoms with E-state index in [4.69, 9.17) is 9.72 Å². The van der Waals surface area contributed by atoms with Gasteiger partial charge in [0.15, 0.2) is 16.9 Å². The van der Waals surface area contributed by atoms with Crippen molar-refractivity contribution < 1.29 is 9.53 Å². The average Bonchev–Trinajstić information content (AvgIpc) is 3.30. The van der Waals surface area contributed by atoms with Crippen molar-refractivity contribution >= 4 is 16.9 Å². The molecule has 7 nitrogen and oxygen atoms in total. The van der Waals surface area contributed by atoms with Gasteiger partial charge in [-0.15, -0.1) is 0 Å². The first kappa shape index (κ1) is 18.4. The molecule has 4 rings (SSSR count). The van der Waals surface area contributed by atoms with Gasteiger partial charge < -0.3 is 9.30 Å². The number of aryl methyl sites for hydroxylation is 1. The third-order valence-corrected chi connectivity index (χ3v) is 5.24. The van der Waals surface area contributed by atoms with Crippen LogP contribution in [0.3, 0.4) is 0 Å². The molecule has 0 spiro atoms. The molecule has 0 unspecified atom stereocenters. The molecule has 1 aromatic carbocycles. The van der Waals surface area contributed by atoms with E-state index in [0.717, 1.165) is 31.6 Å². The zero-order chi connectivity index (χ0) is 19.7. The molecule has 1 aliphatic carbocycles. The van der Waals surface area contributed by atoms with E-state index in [2.05, 4.69) is 16.9 Å². The monoisotopic (exact) mass is 380 g/mol. The minimum absolute atomic E-state index is 0.0538. The molecule has 1 fully saturated rings. The number of hydrogen-bond donors (Lipinski definition) is 1. The van der Waals surface area contributed by atoms with Gasteiger partial charge in [0.2, 0.25) is 0 Å². The second-order valence-corrected chi connectivity index (χ2v) is 7.33. The van der Waals surface area contributed by atoms with E-state index < -0.39 is 0 Å². The van der Waals surface area contributed by atoms with Gasteiger partial charge in [0, 0.05) is 18.0 Å². The molecule has 3 aromatic rings. The Morgan fingerprint density at radius 2 is 2.07 bits per heavy atom. The van der Waals surface area contributed by atoms with Crippen LogP contribution in [0.1, 0.15) is 68.1 Å². The van der Waals surface area contributed by atoms with Gasteiger partial charge in [-0.05, 0) is 38.3 Å². The van der Waals surface area contributed by atoms with Crippen LogP contribution >= 0.6 is 0 Å². The van der Waals surface area contributed by atoms with Crippen molar-refractivity contribution in [1.29, 1.82) is 0 Å². The molecular weight excluding hydrogens is 356 g/mol. The van der Waals surface area contributed by atoms with Crippen molar-refractivity contribution in [3.8, 4) is 11.8 Å². The van der Waals surface area contributed by atoms with E-state index in [1.54, 1.807) is 24.3 Å². The lowest BCUT2D eigenvalue weighted by Gasteiger charge is -2.12. The number of imidazole rings is 1. The molecule has 1 N–H and O–H groups in total. The van der Waals surface area contributed by atoms with Crippen LogP contribution in [0.4, 0.5) is 0 Å². The molecule has 0 aliphatic heterocycles. The summed E-state index contributed by atoms with van der Waals surface area (Å²) >= 11 is 0. The van der Waals surface area contributed by atoms with Crippen molar-refractivity contribution in [2.75, 3.05) is 0 Å². The van der Waals surface area contributed by atoms with Gasteiger partial charge in [-0.1, -0.05) is 31.9 Å². The number of nitrogens with zero attached hydrogens (tertiary/aromatic N) is 3. The fraction of sp³-hybridized carbons (Fsp3) is 0.429. The molecule has 2 aromatic heterocycles. The van der Waals surface area contributed by atoms with E-state index in [-0.39, 0.29) is 17.4 Å². The highest BCUT2D eigenvalue weighted by molar-refractivity contribution is 5.94. The zero-order valence-electron chi connectivity index (χ0n) is 16.2. The van der Waals surface area contributed by atoms with Crippen molar-refractivity contribution in [3.05, 3.63) is 46.0 Å². The van der Waals surface area contributed by atoms with Crippen LogP contribution in [0.15, 0.2) is 29.1 Å². The number of carbonyl (C=O) groups excluding carboxylic acids is 1. The number of aromatic nitrogens is 4. The van der Waals surface area contributed by atoms with Crippen molar-refractivity contribution in [2.45, 2.75) is 58.4 Å². The third-order valence-electron chi connectivity index (χ3n) is 5.24. The number of aromatic amines is 1. The van der Waals surface area contributed by atoms with Crippen LogP contribution in [0.2, 0.25) is 0 Å². The van der Waals surface area contributed by atoms with Crippen molar-refractivity contribution in [1.82, 2.24) is 19.5 Å². The van der Waals surface area contributed by atoms with Crippen LogP contribution in [-0.4, -0.2) is 25.3 Å². The fourth-order valence-corrected chi connectivity index (χ4v) is 3.92. The first-order chi connectivity index (χ1) is 13.6. The number of H-pyrrole nitrogens is 1. The average molecular weight is 380 g/mol. The number of hydrogen-bond acceptors (Lipinski definition) is 5. The second kappa shape index (κ2) is 7.58. The Kier molecular flexibility index (Phi) is 4.98. The molecule has 0 amide bonds. The highest BCUT2D eigenvalue weighted by atomic mass is 16.5. The van der Waals surface area contributed by atoms with Gasteiger partial charge in [-0.3, -0.25) is 14.6 Å². The number of benzene rings is 1. The SMILES string of the molecule is CCCn1c(C2CCCC2)nc2nc(Oc3cccc(C(C)=O)c3)[nH]c(=O)c21. The molecule has 0 saturated heterocycles. The smallest absolute Gasteiger partial charge is 0.304 e. The Balaban J connectivity index is 1.75. The Morgan fingerprint density at radius 3 is 2.79 bits per heavy atom. The third kappa shape index (κ3) is 3.44. The van der Waals surface area contributed by atoms with Gasteiger partial charge in [-0.25, -0.2) is 4.98 Å². The lowest BCUT2D eigenvalue weighted by Crippen LogP contribution is -2.15. The Morgan fingerprint density at radius 1 is 1.29 bits per heavy atom. The highest BCUT2D eigenvalue weighted by Crippen LogP contribution is 2.34. The fourth-order valence-electron chi connectivity index (χ4n) is 3.92. The largest absolute Gasteiger partial charge is 0.426 e. The van der Waals surface area contributed by atoms with Crippen LogP contribution in [0.25, 0.3) is 11.2 Å². The van der Waals surface area contributed by atoms with Crippen LogP contribution < -0.4 is 10.3 Å². The number of fused-ring (bicyclic) bond motifs is 1. The van der Waals surface area contributed by atoms with E-state index in [1.165, 1.54) is 19.8 Å². The van der Waals surface area contributed by atoms with Gasteiger partial charge in [0.1, 0.15) is 11.6 Å². The molecule has 0 radical (unpaired) electrons. The first-order valence-corrected chi connectivity index (χ1v) is 9.86. The van der Waals surface area contributed by atoms with E-state index in [9.17, 15) is 9.59 Å². The molecule has 0 bridgehead atoms. The lowest BCUT2D eigenvalue weighted by atomic mass is 10.1. The maximum absolute atomic E-state index is 12.8. The first-order valence-electron chi connectivity index (χ1n) is 9.86. The van der Waals surface area contributed by atoms with Gasteiger partial charge in [0.05, 0.1) is 0 Å². The summed E-state index contributed by atoms with van der Waals surface area (Å²) in [7, 11) is 0. The predicted molar refractivity (Wildman–Crippen MR) is 106 cm³/mol. The number of Topliss-reactive ketones (excluding diaryl/α,β-unsaturated/α-hetero) is 1. The van der Waals surface area contributed by atoms with Gasteiger partial charge in [-0.2, -0.15) is 4.98 Å². The quantitative estimate of drug-likeness (QED) is 0.648. The van der Waals surface area contributed by atoms with Crippen molar-refractivity contribution in [2.24, 2.45) is 0 Å². The summed E-state index contributed by atoms with van der Waals surface area (Å²) in [6, 6.07) is 6.88. The summed E-state index contributed by atoms with van der Waals surface area (Å²) in [4.78, 5) is 36.2. The topological polar surface area (TPSA) is 89.9 Å². The van der Waals surface area contributed by atoms with E-state index in [0.29, 0.717) is 28.4 Å². The minimum atomic E-state index is -0.257. The van der Waals surface area contributed by atoms with Crippen LogP contribution in [-0.2, 0) is 6.54 Å². The molecule has 0 atom stereocenters. The van der Waals surface area contributed by atoms with E-state index >= 15 is 0 Å². The van der Waals surface area contributed by atoms with Crippen LogP contribution in [0, 0.1) is 0 Å². The molecule has 2 heterocycles. The molecule has 1 aliphatic rings. The second-order valence-electron chi connectivity index (χ2n) is 7.33. The van der Waals surface area contributed by atoms with E-state index in [1.807, 2.05) is 4.57 Å². The number of ketones is 1. The summed E-state index contributed by atoms with van der Waals surface area (Å²) < 4.78 is 7.75. The normalized spacial score (nSPS) is 14.6. The summed E-state index contributed by atoms with van der Waals surface area (Å²) in [5.74, 6) is 1.74. The summed E-state index contributed by atoms with van der Waals surface area (Å²) in [6.07, 6.45) is 5.52. The minimum Gasteiger partial charge on any atom is -0.426 e. The maximum atomic E-state index is 12.8. The summed E-state index contributed by atoms with van der Waals surface area (Å²) in [5.41, 5.74) is 1.20. The molecule has 1 saturated carbocycles.